The van der Waals surface area contributed by atoms with Gasteiger partial charge in [-0.05, 0) is 0 Å². The van der Waals surface area contributed by atoms with E-state index < -0.39 is 29.8 Å². The molecule has 2 atom stereocenters. The first-order valence-corrected chi connectivity index (χ1v) is 2.89. The highest BCUT2D eigenvalue weighted by atomic mass is 16.4. The topological polar surface area (TPSA) is 144 Å². The average Bonchev–Trinajstić information content (AvgIpc) is 2.00. The predicted molar refractivity (Wildman–Crippen MR) is 36.2 cm³/mol. The smallest absolute Gasteiger partial charge is 0.373 e. The van der Waals surface area contributed by atoms with Crippen molar-refractivity contribution in [3.63, 3.8) is 0 Å². The van der Waals surface area contributed by atoms with Gasteiger partial charge in [-0.25, -0.2) is 4.79 Å². The van der Waals surface area contributed by atoms with Crippen LogP contribution in [-0.4, -0.2) is 40.0 Å². The first-order valence-electron chi connectivity index (χ1n) is 2.89. The molecule has 0 aliphatic carbocycles. The molecule has 0 aromatic heterocycles. The molecule has 0 fully saturated rings. The van der Waals surface area contributed by atoms with E-state index in [2.05, 4.69) is 0 Å². The SMILES string of the molecule is NC(C(=O)O)C(N)C(=O)C(=O)O. The van der Waals surface area contributed by atoms with E-state index in [1.807, 2.05) is 0 Å². The molecule has 0 aromatic rings. The lowest BCUT2D eigenvalue weighted by atomic mass is 10.1. The lowest BCUT2D eigenvalue weighted by molar-refractivity contribution is -0.151. The van der Waals surface area contributed by atoms with Crippen LogP contribution < -0.4 is 11.5 Å². The molecule has 0 spiro atoms. The fourth-order valence-electron chi connectivity index (χ4n) is 0.459. The molecule has 12 heavy (non-hydrogen) atoms. The molecular formula is C5H8N2O5. The molecule has 0 rings (SSSR count). The minimum atomic E-state index is -1.79. The van der Waals surface area contributed by atoms with Gasteiger partial charge in [0, 0.05) is 0 Å². The van der Waals surface area contributed by atoms with E-state index >= 15 is 0 Å². The Balaban J connectivity index is 4.39. The van der Waals surface area contributed by atoms with Gasteiger partial charge in [-0.2, -0.15) is 0 Å². The Morgan fingerprint density at radius 2 is 1.42 bits per heavy atom. The summed E-state index contributed by atoms with van der Waals surface area (Å²) in [6.45, 7) is 0. The van der Waals surface area contributed by atoms with Gasteiger partial charge in [0.05, 0.1) is 0 Å². The third-order valence-electron chi connectivity index (χ3n) is 1.19. The normalized spacial score (nSPS) is 14.8. The summed E-state index contributed by atoms with van der Waals surface area (Å²) in [6.07, 6.45) is 0. The lowest BCUT2D eigenvalue weighted by Crippen LogP contribution is -2.53. The Bertz CT molecular complexity index is 226. The standard InChI is InChI=1S/C5H8N2O5/c6-1(2(7)4(9)10)3(8)5(11)12/h1-2H,6-7H2,(H,9,10)(H,11,12). The molecule has 0 bridgehead atoms. The number of Topliss-reactive ketones (excluding diaryl/α,β-unsaturated/α-hetero) is 1. The van der Waals surface area contributed by atoms with Crippen LogP contribution in [0.3, 0.4) is 0 Å². The minimum Gasteiger partial charge on any atom is -0.480 e. The molecule has 0 heterocycles. The molecule has 0 radical (unpaired) electrons. The zero-order valence-corrected chi connectivity index (χ0v) is 5.93. The second-order valence-corrected chi connectivity index (χ2v) is 2.06. The van der Waals surface area contributed by atoms with Crippen molar-refractivity contribution in [2.75, 3.05) is 0 Å². The quantitative estimate of drug-likeness (QED) is 0.343. The Morgan fingerprint density at radius 1 is 1.00 bits per heavy atom. The summed E-state index contributed by atoms with van der Waals surface area (Å²) in [5, 5.41) is 16.3. The van der Waals surface area contributed by atoms with Crippen LogP contribution in [0.15, 0.2) is 0 Å². The van der Waals surface area contributed by atoms with E-state index in [4.69, 9.17) is 21.7 Å². The van der Waals surface area contributed by atoms with Gasteiger partial charge in [-0.15, -0.1) is 0 Å². The molecule has 0 amide bonds. The van der Waals surface area contributed by atoms with Crippen molar-refractivity contribution in [1.29, 1.82) is 0 Å². The van der Waals surface area contributed by atoms with Crippen LogP contribution in [0, 0.1) is 0 Å². The van der Waals surface area contributed by atoms with Gasteiger partial charge in [-0.3, -0.25) is 9.59 Å². The van der Waals surface area contributed by atoms with Crippen molar-refractivity contribution in [2.45, 2.75) is 12.1 Å². The van der Waals surface area contributed by atoms with Crippen LogP contribution in [0.5, 0.6) is 0 Å². The number of ketones is 1. The highest BCUT2D eigenvalue weighted by molar-refractivity contribution is 6.35. The number of nitrogens with two attached hydrogens (primary N) is 2. The Morgan fingerprint density at radius 3 is 1.67 bits per heavy atom. The van der Waals surface area contributed by atoms with Crippen molar-refractivity contribution >= 4 is 17.7 Å². The van der Waals surface area contributed by atoms with Crippen LogP contribution >= 0.6 is 0 Å². The molecule has 0 aliphatic heterocycles. The highest BCUT2D eigenvalue weighted by Crippen LogP contribution is 1.89. The van der Waals surface area contributed by atoms with Gasteiger partial charge in [0.15, 0.2) is 0 Å². The number of carbonyl (C=O) groups is 3. The fourth-order valence-corrected chi connectivity index (χ4v) is 0.459. The zero-order chi connectivity index (χ0) is 9.89. The number of carboxylic acids is 2. The molecule has 2 unspecified atom stereocenters. The first kappa shape index (κ1) is 10.5. The van der Waals surface area contributed by atoms with Crippen LogP contribution in [0.4, 0.5) is 0 Å². The Labute approximate surface area is 67.0 Å². The van der Waals surface area contributed by atoms with Crippen molar-refractivity contribution < 1.29 is 24.6 Å². The number of aliphatic carboxylic acids is 2. The van der Waals surface area contributed by atoms with Crippen molar-refractivity contribution in [1.82, 2.24) is 0 Å². The van der Waals surface area contributed by atoms with Gasteiger partial charge in [0.25, 0.3) is 5.78 Å². The number of rotatable bonds is 4. The second kappa shape index (κ2) is 3.79. The Hall–Kier alpha value is -1.47. The summed E-state index contributed by atoms with van der Waals surface area (Å²) in [4.78, 5) is 30.6. The van der Waals surface area contributed by atoms with Gasteiger partial charge in [-0.1, -0.05) is 0 Å². The van der Waals surface area contributed by atoms with Gasteiger partial charge in [0.2, 0.25) is 0 Å². The maximum absolute atomic E-state index is 10.5. The zero-order valence-electron chi connectivity index (χ0n) is 5.93. The molecule has 0 aliphatic rings. The van der Waals surface area contributed by atoms with Gasteiger partial charge in [0.1, 0.15) is 12.1 Å². The van der Waals surface area contributed by atoms with Crippen LogP contribution in [0.2, 0.25) is 0 Å². The van der Waals surface area contributed by atoms with Crippen LogP contribution in [0.25, 0.3) is 0 Å². The third-order valence-corrected chi connectivity index (χ3v) is 1.19. The monoisotopic (exact) mass is 176 g/mol. The van der Waals surface area contributed by atoms with E-state index in [1.165, 1.54) is 0 Å². The molecule has 0 saturated carbocycles. The molecule has 7 heteroatoms. The van der Waals surface area contributed by atoms with Crippen molar-refractivity contribution in [2.24, 2.45) is 11.5 Å². The lowest BCUT2D eigenvalue weighted by Gasteiger charge is -2.11. The minimum absolute atomic E-state index is 1.41. The molecule has 0 aromatic carbocycles. The molecular weight excluding hydrogens is 168 g/mol. The van der Waals surface area contributed by atoms with Gasteiger partial charge < -0.3 is 21.7 Å². The number of carboxylic acid groups (broad SMARTS) is 2. The van der Waals surface area contributed by atoms with E-state index in [0.717, 1.165) is 0 Å². The summed E-state index contributed by atoms with van der Waals surface area (Å²) in [5.41, 5.74) is 9.82. The summed E-state index contributed by atoms with van der Waals surface area (Å²) >= 11 is 0. The first-order chi connectivity index (χ1) is 5.37. The number of hydrogen-bond acceptors (Lipinski definition) is 5. The van der Waals surface area contributed by atoms with Gasteiger partial charge >= 0.3 is 11.9 Å². The summed E-state index contributed by atoms with van der Waals surface area (Å²) < 4.78 is 0. The predicted octanol–water partition coefficient (Wildman–Crippen LogP) is -2.62. The maximum Gasteiger partial charge on any atom is 0.373 e. The summed E-state index contributed by atoms with van der Waals surface area (Å²) in [5.74, 6) is -4.72. The number of hydrogen-bond donors (Lipinski definition) is 4. The molecule has 68 valence electrons. The van der Waals surface area contributed by atoms with Crippen molar-refractivity contribution in [3.05, 3.63) is 0 Å². The average molecular weight is 176 g/mol. The van der Waals surface area contributed by atoms with E-state index in [-0.39, 0.29) is 0 Å². The van der Waals surface area contributed by atoms with Crippen LogP contribution in [0.1, 0.15) is 0 Å². The fraction of sp³-hybridized carbons (Fsp3) is 0.400. The van der Waals surface area contributed by atoms with Crippen LogP contribution in [-0.2, 0) is 14.4 Å². The van der Waals surface area contributed by atoms with E-state index in [9.17, 15) is 14.4 Å². The number of carbonyl (C=O) groups excluding carboxylic acids is 1. The Kier molecular flexibility index (Phi) is 3.32. The second-order valence-electron chi connectivity index (χ2n) is 2.06. The third kappa shape index (κ3) is 2.29. The molecule has 7 nitrogen and oxygen atoms in total. The molecule has 0 saturated heterocycles. The molecule has 6 N–H and O–H groups in total. The maximum atomic E-state index is 10.5. The van der Waals surface area contributed by atoms with E-state index in [1.54, 1.807) is 0 Å². The largest absolute Gasteiger partial charge is 0.480 e. The van der Waals surface area contributed by atoms with E-state index in [0.29, 0.717) is 0 Å². The van der Waals surface area contributed by atoms with Crippen molar-refractivity contribution in [3.8, 4) is 0 Å². The summed E-state index contributed by atoms with van der Waals surface area (Å²) in [7, 11) is 0. The summed E-state index contributed by atoms with van der Waals surface area (Å²) in [6, 6.07) is -3.39. The highest BCUT2D eigenvalue weighted by Gasteiger charge is 2.30.